The molecule has 0 radical (unpaired) electrons. The standard InChI is InChI=1S/C15H16N4O7S/c1-24-11-8-12(25-2)17-14(16-11)18-15(21)19-27(22,23)10-7-5-4-6-9(10)13(20)26-3/h4-8H,1-3H3,(H2,16,17,18,19,21). The minimum atomic E-state index is -4.38. The number of nitrogens with one attached hydrogen (secondary N) is 2. The molecule has 0 spiro atoms. The molecule has 2 aromatic rings. The van der Waals surface area contributed by atoms with Crippen molar-refractivity contribution in [1.82, 2.24) is 14.7 Å². The lowest BCUT2D eigenvalue weighted by molar-refractivity contribution is 0.0596. The van der Waals surface area contributed by atoms with E-state index in [1.54, 1.807) is 4.72 Å². The fourth-order valence-electron chi connectivity index (χ4n) is 1.95. The van der Waals surface area contributed by atoms with Crippen molar-refractivity contribution in [3.8, 4) is 11.8 Å². The molecule has 1 heterocycles. The van der Waals surface area contributed by atoms with Gasteiger partial charge in [-0.2, -0.15) is 9.97 Å². The zero-order valence-electron chi connectivity index (χ0n) is 14.5. The van der Waals surface area contributed by atoms with Crippen LogP contribution in [0.25, 0.3) is 0 Å². The summed E-state index contributed by atoms with van der Waals surface area (Å²) in [5.41, 5.74) is -0.223. The highest BCUT2D eigenvalue weighted by atomic mass is 32.2. The highest BCUT2D eigenvalue weighted by Gasteiger charge is 2.25. The second-order valence-electron chi connectivity index (χ2n) is 4.82. The van der Waals surface area contributed by atoms with Gasteiger partial charge in [0.15, 0.2) is 0 Å². The maximum absolute atomic E-state index is 12.5. The van der Waals surface area contributed by atoms with Gasteiger partial charge in [0.05, 0.1) is 33.0 Å². The number of nitrogens with zero attached hydrogens (tertiary/aromatic N) is 2. The van der Waals surface area contributed by atoms with Gasteiger partial charge < -0.3 is 14.2 Å². The van der Waals surface area contributed by atoms with Gasteiger partial charge in [-0.25, -0.2) is 22.7 Å². The number of aromatic nitrogens is 2. The second-order valence-corrected chi connectivity index (χ2v) is 6.47. The van der Waals surface area contributed by atoms with Crippen molar-refractivity contribution in [3.63, 3.8) is 0 Å². The minimum Gasteiger partial charge on any atom is -0.481 e. The number of urea groups is 1. The Balaban J connectivity index is 2.24. The van der Waals surface area contributed by atoms with Crippen molar-refractivity contribution >= 4 is 28.0 Å². The molecule has 0 unspecified atom stereocenters. The van der Waals surface area contributed by atoms with Crippen LogP contribution in [0.4, 0.5) is 10.7 Å². The van der Waals surface area contributed by atoms with Crippen LogP contribution in [0.2, 0.25) is 0 Å². The smallest absolute Gasteiger partial charge is 0.339 e. The number of benzene rings is 1. The summed E-state index contributed by atoms with van der Waals surface area (Å²) < 4.78 is 41.1. The van der Waals surface area contributed by atoms with Gasteiger partial charge in [-0.1, -0.05) is 12.1 Å². The summed E-state index contributed by atoms with van der Waals surface area (Å²) in [5, 5.41) is 2.15. The van der Waals surface area contributed by atoms with Crippen molar-refractivity contribution in [1.29, 1.82) is 0 Å². The number of ether oxygens (including phenoxy) is 3. The molecule has 12 heteroatoms. The normalized spacial score (nSPS) is 10.6. The Bertz CT molecular complexity index is 940. The van der Waals surface area contributed by atoms with Gasteiger partial charge >= 0.3 is 12.0 Å². The van der Waals surface area contributed by atoms with Crippen LogP contribution in [0.3, 0.4) is 0 Å². The van der Waals surface area contributed by atoms with E-state index < -0.39 is 26.9 Å². The Morgan fingerprint density at radius 2 is 1.59 bits per heavy atom. The number of hydrogen-bond acceptors (Lipinski definition) is 9. The first-order valence-electron chi connectivity index (χ1n) is 7.29. The fourth-order valence-corrected chi connectivity index (χ4v) is 3.06. The Kier molecular flexibility index (Phi) is 6.13. The summed E-state index contributed by atoms with van der Waals surface area (Å²) in [5.74, 6) is -0.926. The van der Waals surface area contributed by atoms with E-state index in [9.17, 15) is 18.0 Å². The van der Waals surface area contributed by atoms with E-state index in [0.717, 1.165) is 13.2 Å². The molecule has 0 aliphatic heterocycles. The van der Waals surface area contributed by atoms with Crippen LogP contribution in [0.5, 0.6) is 11.8 Å². The maximum Gasteiger partial charge on any atom is 0.339 e. The molecular formula is C15H16N4O7S. The summed E-state index contributed by atoms with van der Waals surface area (Å²) in [4.78, 5) is 31.1. The van der Waals surface area contributed by atoms with Gasteiger partial charge in [0.25, 0.3) is 10.0 Å². The Morgan fingerprint density at radius 3 is 2.15 bits per heavy atom. The summed E-state index contributed by atoms with van der Waals surface area (Å²) in [6.45, 7) is 0. The lowest BCUT2D eigenvalue weighted by Crippen LogP contribution is -2.35. The number of carbonyl (C=O) groups excluding carboxylic acids is 2. The van der Waals surface area contributed by atoms with Crippen LogP contribution in [-0.4, -0.2) is 51.7 Å². The van der Waals surface area contributed by atoms with Gasteiger partial charge in [0, 0.05) is 0 Å². The Hall–Kier alpha value is -3.41. The third-order valence-electron chi connectivity index (χ3n) is 3.13. The van der Waals surface area contributed by atoms with E-state index in [0.29, 0.717) is 0 Å². The summed E-state index contributed by atoms with van der Waals surface area (Å²) in [6.07, 6.45) is 0. The number of hydrogen-bond donors (Lipinski definition) is 2. The minimum absolute atomic E-state index is 0.0936. The maximum atomic E-state index is 12.5. The highest BCUT2D eigenvalue weighted by Crippen LogP contribution is 2.18. The zero-order chi connectivity index (χ0) is 20.0. The highest BCUT2D eigenvalue weighted by molar-refractivity contribution is 7.90. The van der Waals surface area contributed by atoms with Gasteiger partial charge in [0.1, 0.15) is 4.90 Å². The van der Waals surface area contributed by atoms with E-state index in [-0.39, 0.29) is 23.3 Å². The van der Waals surface area contributed by atoms with Crippen molar-refractivity contribution in [2.45, 2.75) is 4.90 Å². The molecule has 0 saturated heterocycles. The molecule has 0 fully saturated rings. The zero-order valence-corrected chi connectivity index (χ0v) is 15.4. The molecule has 0 aliphatic carbocycles. The first-order chi connectivity index (χ1) is 12.8. The summed E-state index contributed by atoms with van der Waals surface area (Å²) in [7, 11) is -0.573. The number of anilines is 1. The largest absolute Gasteiger partial charge is 0.481 e. The Morgan fingerprint density at radius 1 is 1.00 bits per heavy atom. The van der Waals surface area contributed by atoms with E-state index in [1.807, 2.05) is 0 Å². The number of esters is 1. The summed E-state index contributed by atoms with van der Waals surface area (Å²) >= 11 is 0. The van der Waals surface area contributed by atoms with Crippen LogP contribution in [0.15, 0.2) is 35.2 Å². The molecular weight excluding hydrogens is 380 g/mol. The van der Waals surface area contributed by atoms with Crippen molar-refractivity contribution in [3.05, 3.63) is 35.9 Å². The fraction of sp³-hybridized carbons (Fsp3) is 0.200. The SMILES string of the molecule is COC(=O)c1ccccc1S(=O)(=O)NC(=O)Nc1nc(OC)cc(OC)n1. The molecule has 144 valence electrons. The number of methoxy groups -OCH3 is 3. The molecule has 2 amide bonds. The third-order valence-corrected chi connectivity index (χ3v) is 4.52. The molecule has 1 aromatic heterocycles. The van der Waals surface area contributed by atoms with E-state index in [2.05, 4.69) is 20.0 Å². The van der Waals surface area contributed by atoms with Crippen molar-refractivity contribution in [2.24, 2.45) is 0 Å². The predicted octanol–water partition coefficient (Wildman–Crippen LogP) is 0.791. The number of amides is 2. The van der Waals surface area contributed by atoms with E-state index in [1.165, 1.54) is 38.5 Å². The van der Waals surface area contributed by atoms with Crippen LogP contribution >= 0.6 is 0 Å². The lowest BCUT2D eigenvalue weighted by atomic mass is 10.2. The topological polar surface area (TPSA) is 146 Å². The predicted molar refractivity (Wildman–Crippen MR) is 92.3 cm³/mol. The molecule has 2 N–H and O–H groups in total. The number of rotatable bonds is 6. The van der Waals surface area contributed by atoms with Crippen LogP contribution in [-0.2, 0) is 14.8 Å². The van der Waals surface area contributed by atoms with Crippen molar-refractivity contribution in [2.75, 3.05) is 26.6 Å². The molecule has 2 rings (SSSR count). The number of sulfonamides is 1. The molecule has 0 bridgehead atoms. The molecule has 0 aliphatic rings. The molecule has 27 heavy (non-hydrogen) atoms. The monoisotopic (exact) mass is 396 g/mol. The average Bonchev–Trinajstić information content (AvgIpc) is 2.66. The second kappa shape index (κ2) is 8.31. The van der Waals surface area contributed by atoms with E-state index >= 15 is 0 Å². The molecule has 0 saturated carbocycles. The third kappa shape index (κ3) is 4.82. The molecule has 0 atom stereocenters. The van der Waals surface area contributed by atoms with Crippen LogP contribution < -0.4 is 19.5 Å². The molecule has 1 aromatic carbocycles. The van der Waals surface area contributed by atoms with Gasteiger partial charge in [-0.3, -0.25) is 5.32 Å². The lowest BCUT2D eigenvalue weighted by Gasteiger charge is -2.11. The van der Waals surface area contributed by atoms with Crippen LogP contribution in [0, 0.1) is 0 Å². The van der Waals surface area contributed by atoms with Crippen LogP contribution in [0.1, 0.15) is 10.4 Å². The quantitative estimate of drug-likeness (QED) is 0.677. The first-order valence-corrected chi connectivity index (χ1v) is 8.77. The van der Waals surface area contributed by atoms with Gasteiger partial charge in [0.2, 0.25) is 17.7 Å². The van der Waals surface area contributed by atoms with Gasteiger partial charge in [-0.15, -0.1) is 0 Å². The van der Waals surface area contributed by atoms with Gasteiger partial charge in [-0.05, 0) is 12.1 Å². The van der Waals surface area contributed by atoms with Crippen molar-refractivity contribution < 1.29 is 32.2 Å². The number of carbonyl (C=O) groups is 2. The first kappa shape index (κ1) is 19.9. The average molecular weight is 396 g/mol. The molecule has 11 nitrogen and oxygen atoms in total. The Labute approximate surface area is 154 Å². The summed E-state index contributed by atoms with van der Waals surface area (Å²) in [6, 6.07) is 5.50. The van der Waals surface area contributed by atoms with E-state index in [4.69, 9.17) is 9.47 Å².